The van der Waals surface area contributed by atoms with Crippen molar-refractivity contribution in [2.75, 3.05) is 17.7 Å². The number of rotatable bonds is 7. The average molecular weight is 411 g/mol. The first-order chi connectivity index (χ1) is 14.0. The van der Waals surface area contributed by atoms with E-state index in [1.54, 1.807) is 36.4 Å². The van der Waals surface area contributed by atoms with Crippen molar-refractivity contribution in [1.82, 2.24) is 0 Å². The van der Waals surface area contributed by atoms with Gasteiger partial charge in [-0.1, -0.05) is 49.2 Å². The van der Waals surface area contributed by atoms with Crippen molar-refractivity contribution in [3.8, 4) is 5.75 Å². The van der Waals surface area contributed by atoms with Crippen molar-refractivity contribution >= 4 is 45.6 Å². The fourth-order valence-corrected chi connectivity index (χ4v) is 3.33. The molecule has 0 atom stereocenters. The number of benzene rings is 3. The molecule has 0 bridgehead atoms. The predicted molar refractivity (Wildman–Crippen MR) is 118 cm³/mol. The lowest BCUT2D eigenvalue weighted by Gasteiger charge is -2.13. The highest BCUT2D eigenvalue weighted by Gasteiger charge is 2.13. The molecule has 3 rings (SSSR count). The summed E-state index contributed by atoms with van der Waals surface area (Å²) in [6.45, 7) is 2.04. The van der Waals surface area contributed by atoms with Crippen LogP contribution in [0.1, 0.15) is 36.5 Å². The summed E-state index contributed by atoms with van der Waals surface area (Å²) >= 11 is 6.24. The normalized spacial score (nSPS) is 10.6. The van der Waals surface area contributed by atoms with E-state index in [4.69, 9.17) is 16.3 Å². The maximum Gasteiger partial charge on any atom is 0.256 e. The number of hydrogen-bond donors (Lipinski definition) is 2. The van der Waals surface area contributed by atoms with Gasteiger partial charge in [-0.25, -0.2) is 0 Å². The van der Waals surface area contributed by atoms with Crippen LogP contribution in [0.5, 0.6) is 5.75 Å². The Bertz CT molecular complexity index is 1050. The molecule has 3 aromatic rings. The monoisotopic (exact) mass is 410 g/mol. The van der Waals surface area contributed by atoms with Crippen LogP contribution < -0.4 is 15.4 Å². The number of methoxy groups -OCH3 is 1. The third-order valence-corrected chi connectivity index (χ3v) is 4.93. The maximum atomic E-state index is 12.9. The minimum atomic E-state index is -0.250. The Morgan fingerprint density at radius 1 is 1.00 bits per heavy atom. The van der Waals surface area contributed by atoms with Gasteiger partial charge >= 0.3 is 0 Å². The molecule has 3 aromatic carbocycles. The van der Waals surface area contributed by atoms with E-state index < -0.39 is 0 Å². The van der Waals surface area contributed by atoms with Crippen LogP contribution in [-0.2, 0) is 4.79 Å². The fraction of sp³-hybridized carbons (Fsp3) is 0.217. The summed E-state index contributed by atoms with van der Waals surface area (Å²) in [5.41, 5.74) is 1.67. The molecule has 150 valence electrons. The van der Waals surface area contributed by atoms with Crippen molar-refractivity contribution in [1.29, 1.82) is 0 Å². The second-order valence-electron chi connectivity index (χ2n) is 6.66. The van der Waals surface area contributed by atoms with E-state index in [-0.39, 0.29) is 11.8 Å². The molecule has 29 heavy (non-hydrogen) atoms. The van der Waals surface area contributed by atoms with Crippen LogP contribution in [0.3, 0.4) is 0 Å². The number of carbonyl (C=O) groups is 2. The lowest BCUT2D eigenvalue weighted by molar-refractivity contribution is -0.116. The Morgan fingerprint density at radius 3 is 2.52 bits per heavy atom. The zero-order valence-electron chi connectivity index (χ0n) is 16.4. The zero-order chi connectivity index (χ0) is 20.8. The summed E-state index contributed by atoms with van der Waals surface area (Å²) in [6, 6.07) is 16.1. The molecule has 0 saturated heterocycles. The summed E-state index contributed by atoms with van der Waals surface area (Å²) in [6.07, 6.45) is 2.24. The predicted octanol–water partition coefficient (Wildman–Crippen LogP) is 5.88. The molecule has 0 heterocycles. The lowest BCUT2D eigenvalue weighted by atomic mass is 10.0. The topological polar surface area (TPSA) is 67.4 Å². The smallest absolute Gasteiger partial charge is 0.256 e. The van der Waals surface area contributed by atoms with Crippen LogP contribution in [0.25, 0.3) is 10.8 Å². The summed E-state index contributed by atoms with van der Waals surface area (Å²) < 4.78 is 5.38. The van der Waals surface area contributed by atoms with Crippen molar-refractivity contribution < 1.29 is 14.3 Å². The third-order valence-electron chi connectivity index (χ3n) is 4.60. The summed E-state index contributed by atoms with van der Waals surface area (Å²) in [4.78, 5) is 24.8. The lowest BCUT2D eigenvalue weighted by Crippen LogP contribution is -2.14. The van der Waals surface area contributed by atoms with Crippen LogP contribution in [-0.4, -0.2) is 18.9 Å². The van der Waals surface area contributed by atoms with Gasteiger partial charge in [0.1, 0.15) is 5.75 Å². The van der Waals surface area contributed by atoms with Gasteiger partial charge in [0.05, 0.1) is 12.8 Å². The summed E-state index contributed by atoms with van der Waals surface area (Å²) in [7, 11) is 1.52. The van der Waals surface area contributed by atoms with E-state index >= 15 is 0 Å². The molecular weight excluding hydrogens is 388 g/mol. The summed E-state index contributed by atoms with van der Waals surface area (Å²) in [5.74, 6) is 0.169. The number of amides is 2. The second kappa shape index (κ2) is 9.43. The van der Waals surface area contributed by atoms with Crippen molar-refractivity contribution in [2.24, 2.45) is 0 Å². The van der Waals surface area contributed by atoms with E-state index in [9.17, 15) is 9.59 Å². The second-order valence-corrected chi connectivity index (χ2v) is 7.07. The number of anilines is 2. The van der Waals surface area contributed by atoms with Gasteiger partial charge in [-0.05, 0) is 36.1 Å². The minimum Gasteiger partial charge on any atom is -0.494 e. The van der Waals surface area contributed by atoms with Crippen molar-refractivity contribution in [3.63, 3.8) is 0 Å². The number of hydrogen-bond acceptors (Lipinski definition) is 3. The Balaban J connectivity index is 1.81. The zero-order valence-corrected chi connectivity index (χ0v) is 17.2. The number of fused-ring (bicyclic) bond motifs is 1. The molecule has 0 unspecified atom stereocenters. The molecule has 2 amide bonds. The Hall–Kier alpha value is -3.05. The molecule has 0 fully saturated rings. The molecule has 2 N–H and O–H groups in total. The first kappa shape index (κ1) is 20.7. The Morgan fingerprint density at radius 2 is 1.76 bits per heavy atom. The van der Waals surface area contributed by atoms with E-state index in [2.05, 4.69) is 10.6 Å². The first-order valence-corrected chi connectivity index (χ1v) is 9.87. The van der Waals surface area contributed by atoms with Crippen LogP contribution >= 0.6 is 11.6 Å². The van der Waals surface area contributed by atoms with Crippen LogP contribution in [0.15, 0.2) is 54.6 Å². The number of carbonyl (C=O) groups excluding carboxylic acids is 2. The Kier molecular flexibility index (Phi) is 6.73. The van der Waals surface area contributed by atoms with Gasteiger partial charge in [0, 0.05) is 34.1 Å². The van der Waals surface area contributed by atoms with Gasteiger partial charge in [0.15, 0.2) is 0 Å². The van der Waals surface area contributed by atoms with Gasteiger partial charge < -0.3 is 15.4 Å². The SMILES string of the molecule is CCCCC(=O)Nc1ccc(NC(=O)c2cccc3c(Cl)cccc23)cc1OC. The molecule has 0 aliphatic rings. The van der Waals surface area contributed by atoms with Gasteiger partial charge in [-0.15, -0.1) is 0 Å². The van der Waals surface area contributed by atoms with Gasteiger partial charge in [-0.3, -0.25) is 9.59 Å². The number of nitrogens with one attached hydrogen (secondary N) is 2. The maximum absolute atomic E-state index is 12.9. The van der Waals surface area contributed by atoms with E-state index in [0.717, 1.165) is 23.6 Å². The molecule has 0 radical (unpaired) electrons. The highest BCUT2D eigenvalue weighted by Crippen LogP contribution is 2.30. The van der Waals surface area contributed by atoms with Crippen LogP contribution in [0, 0.1) is 0 Å². The standard InChI is InChI=1S/C23H23ClN2O3/c1-3-4-11-22(27)26-20-13-12-15(14-21(20)29-2)25-23(28)18-9-5-8-17-16(18)7-6-10-19(17)24/h5-10,12-14H,3-4,11H2,1-2H3,(H,25,28)(H,26,27). The van der Waals surface area contributed by atoms with Crippen LogP contribution in [0.2, 0.25) is 5.02 Å². The number of halogens is 1. The van der Waals surface area contributed by atoms with E-state index in [0.29, 0.717) is 34.1 Å². The largest absolute Gasteiger partial charge is 0.494 e. The Labute approximate surface area is 175 Å². The quantitative estimate of drug-likeness (QED) is 0.510. The number of unbranched alkanes of at least 4 members (excludes halogenated alkanes) is 1. The molecule has 0 aromatic heterocycles. The first-order valence-electron chi connectivity index (χ1n) is 9.50. The minimum absolute atomic E-state index is 0.0606. The highest BCUT2D eigenvalue weighted by molar-refractivity contribution is 6.36. The van der Waals surface area contributed by atoms with E-state index in [1.165, 1.54) is 7.11 Å². The van der Waals surface area contributed by atoms with E-state index in [1.807, 2.05) is 25.1 Å². The van der Waals surface area contributed by atoms with Gasteiger partial charge in [0.2, 0.25) is 5.91 Å². The molecular formula is C23H23ClN2O3. The fourth-order valence-electron chi connectivity index (χ4n) is 3.09. The summed E-state index contributed by atoms with van der Waals surface area (Å²) in [5, 5.41) is 7.94. The molecule has 0 saturated carbocycles. The third kappa shape index (κ3) is 4.87. The van der Waals surface area contributed by atoms with Crippen molar-refractivity contribution in [2.45, 2.75) is 26.2 Å². The highest BCUT2D eigenvalue weighted by atomic mass is 35.5. The molecule has 0 spiro atoms. The molecule has 0 aliphatic carbocycles. The van der Waals surface area contributed by atoms with Crippen LogP contribution in [0.4, 0.5) is 11.4 Å². The molecule has 0 aliphatic heterocycles. The average Bonchev–Trinajstić information content (AvgIpc) is 2.73. The van der Waals surface area contributed by atoms with Gasteiger partial charge in [0.25, 0.3) is 5.91 Å². The number of ether oxygens (including phenoxy) is 1. The molecule has 5 nitrogen and oxygen atoms in total. The van der Waals surface area contributed by atoms with Crippen molar-refractivity contribution in [3.05, 3.63) is 65.2 Å². The van der Waals surface area contributed by atoms with Gasteiger partial charge in [-0.2, -0.15) is 0 Å². The molecule has 6 heteroatoms.